The van der Waals surface area contributed by atoms with Crippen LogP contribution in [0.2, 0.25) is 0 Å². The van der Waals surface area contributed by atoms with Gasteiger partial charge in [-0.1, -0.05) is 0 Å². The van der Waals surface area contributed by atoms with E-state index < -0.39 is 5.97 Å². The molecule has 1 rings (SSSR count). The van der Waals surface area contributed by atoms with E-state index >= 15 is 0 Å². The van der Waals surface area contributed by atoms with Gasteiger partial charge >= 0.3 is 5.97 Å². The number of hydrogen-bond donors (Lipinski definition) is 3. The standard InChI is InChI=1S/C11H20N2O4/c1-8(15)13-6-9(5-11(16)17)4-10(7-13)12-2-3-14/h9-10,12,14H,2-7H2,1H3,(H,16,17). The maximum Gasteiger partial charge on any atom is 0.303 e. The van der Waals surface area contributed by atoms with Gasteiger partial charge in [-0.25, -0.2) is 0 Å². The molecule has 1 fully saturated rings. The maximum atomic E-state index is 11.4. The van der Waals surface area contributed by atoms with Crippen LogP contribution < -0.4 is 5.32 Å². The van der Waals surface area contributed by atoms with Crippen molar-refractivity contribution in [1.29, 1.82) is 0 Å². The van der Waals surface area contributed by atoms with Gasteiger partial charge in [-0.05, 0) is 12.3 Å². The number of likely N-dealkylation sites (tertiary alicyclic amines) is 1. The molecular formula is C11H20N2O4. The molecule has 2 unspecified atom stereocenters. The van der Waals surface area contributed by atoms with E-state index in [0.29, 0.717) is 19.6 Å². The highest BCUT2D eigenvalue weighted by atomic mass is 16.4. The Hall–Kier alpha value is -1.14. The summed E-state index contributed by atoms with van der Waals surface area (Å²) in [5.74, 6) is -0.876. The monoisotopic (exact) mass is 244 g/mol. The number of carbonyl (C=O) groups excluding carboxylic acids is 1. The smallest absolute Gasteiger partial charge is 0.303 e. The first-order chi connectivity index (χ1) is 8.02. The number of nitrogens with one attached hydrogen (secondary N) is 1. The van der Waals surface area contributed by atoms with Crippen molar-refractivity contribution in [3.05, 3.63) is 0 Å². The molecule has 0 aromatic heterocycles. The van der Waals surface area contributed by atoms with Gasteiger partial charge < -0.3 is 20.4 Å². The highest BCUT2D eigenvalue weighted by Crippen LogP contribution is 2.20. The molecule has 0 aliphatic carbocycles. The summed E-state index contributed by atoms with van der Waals surface area (Å²) < 4.78 is 0. The second-order valence-electron chi connectivity index (χ2n) is 4.50. The number of aliphatic hydroxyl groups excluding tert-OH is 1. The molecule has 1 saturated heterocycles. The highest BCUT2D eigenvalue weighted by molar-refractivity contribution is 5.73. The Morgan fingerprint density at radius 3 is 2.65 bits per heavy atom. The summed E-state index contributed by atoms with van der Waals surface area (Å²) in [5.41, 5.74) is 0. The number of piperidine rings is 1. The third kappa shape index (κ3) is 4.70. The van der Waals surface area contributed by atoms with Crippen LogP contribution in [0.4, 0.5) is 0 Å². The maximum absolute atomic E-state index is 11.4. The van der Waals surface area contributed by atoms with E-state index in [-0.39, 0.29) is 30.9 Å². The minimum atomic E-state index is -0.832. The van der Waals surface area contributed by atoms with Crippen LogP contribution in [-0.2, 0) is 9.59 Å². The fraction of sp³-hybridized carbons (Fsp3) is 0.818. The molecule has 0 radical (unpaired) electrons. The van der Waals surface area contributed by atoms with E-state index in [9.17, 15) is 9.59 Å². The zero-order chi connectivity index (χ0) is 12.8. The molecule has 6 nitrogen and oxygen atoms in total. The molecule has 0 saturated carbocycles. The zero-order valence-corrected chi connectivity index (χ0v) is 10.1. The van der Waals surface area contributed by atoms with E-state index in [1.165, 1.54) is 6.92 Å². The highest BCUT2D eigenvalue weighted by Gasteiger charge is 2.29. The van der Waals surface area contributed by atoms with Gasteiger partial charge in [0.25, 0.3) is 0 Å². The predicted octanol–water partition coefficient (Wildman–Crippen LogP) is -0.720. The number of amides is 1. The summed E-state index contributed by atoms with van der Waals surface area (Å²) in [7, 11) is 0. The Morgan fingerprint density at radius 1 is 1.41 bits per heavy atom. The molecular weight excluding hydrogens is 224 g/mol. The van der Waals surface area contributed by atoms with Crippen molar-refractivity contribution in [3.8, 4) is 0 Å². The molecule has 2 atom stereocenters. The van der Waals surface area contributed by atoms with Crippen molar-refractivity contribution in [2.45, 2.75) is 25.8 Å². The van der Waals surface area contributed by atoms with Gasteiger partial charge in [0.1, 0.15) is 0 Å². The summed E-state index contributed by atoms with van der Waals surface area (Å²) in [4.78, 5) is 23.7. The minimum Gasteiger partial charge on any atom is -0.481 e. The fourth-order valence-electron chi connectivity index (χ4n) is 2.27. The molecule has 0 aromatic carbocycles. The third-order valence-electron chi connectivity index (χ3n) is 2.99. The Bertz CT molecular complexity index is 283. The van der Waals surface area contributed by atoms with Gasteiger partial charge in [-0.15, -0.1) is 0 Å². The van der Waals surface area contributed by atoms with Crippen LogP contribution in [0.1, 0.15) is 19.8 Å². The van der Waals surface area contributed by atoms with Crippen molar-refractivity contribution < 1.29 is 19.8 Å². The topological polar surface area (TPSA) is 89.9 Å². The number of carboxylic acid groups (broad SMARTS) is 1. The van der Waals surface area contributed by atoms with Gasteiger partial charge in [-0.3, -0.25) is 9.59 Å². The van der Waals surface area contributed by atoms with Gasteiger partial charge in [0, 0.05) is 39.0 Å². The van der Waals surface area contributed by atoms with Crippen LogP contribution >= 0.6 is 0 Å². The van der Waals surface area contributed by atoms with Gasteiger partial charge in [0.15, 0.2) is 0 Å². The summed E-state index contributed by atoms with van der Waals surface area (Å²) in [6.45, 7) is 3.10. The Kier molecular flexibility index (Phi) is 5.37. The lowest BCUT2D eigenvalue weighted by Gasteiger charge is -2.37. The third-order valence-corrected chi connectivity index (χ3v) is 2.99. The van der Waals surface area contributed by atoms with E-state index in [0.717, 1.165) is 6.42 Å². The molecule has 17 heavy (non-hydrogen) atoms. The fourth-order valence-corrected chi connectivity index (χ4v) is 2.27. The number of aliphatic hydroxyl groups is 1. The van der Waals surface area contributed by atoms with E-state index in [1.807, 2.05) is 0 Å². The second-order valence-corrected chi connectivity index (χ2v) is 4.50. The molecule has 1 aliphatic rings. The summed E-state index contributed by atoms with van der Waals surface area (Å²) >= 11 is 0. The lowest BCUT2D eigenvalue weighted by molar-refractivity contribution is -0.140. The summed E-state index contributed by atoms with van der Waals surface area (Å²) in [6, 6.07) is 0.0733. The average molecular weight is 244 g/mol. The molecule has 98 valence electrons. The van der Waals surface area contributed by atoms with Crippen LogP contribution in [0.25, 0.3) is 0 Å². The number of carboxylic acids is 1. The van der Waals surface area contributed by atoms with Crippen molar-refractivity contribution in [3.63, 3.8) is 0 Å². The first-order valence-corrected chi connectivity index (χ1v) is 5.84. The normalized spacial score (nSPS) is 24.7. The molecule has 0 bridgehead atoms. The molecule has 1 aliphatic heterocycles. The van der Waals surface area contributed by atoms with Crippen LogP contribution in [0.5, 0.6) is 0 Å². The molecule has 6 heteroatoms. The Morgan fingerprint density at radius 2 is 2.12 bits per heavy atom. The molecule has 1 heterocycles. The van der Waals surface area contributed by atoms with Crippen molar-refractivity contribution in [2.24, 2.45) is 5.92 Å². The number of aliphatic carboxylic acids is 1. The quantitative estimate of drug-likeness (QED) is 0.594. The first-order valence-electron chi connectivity index (χ1n) is 5.84. The van der Waals surface area contributed by atoms with E-state index in [2.05, 4.69) is 5.32 Å². The largest absolute Gasteiger partial charge is 0.481 e. The minimum absolute atomic E-state index is 0.0126. The van der Waals surface area contributed by atoms with E-state index in [1.54, 1.807) is 4.90 Å². The van der Waals surface area contributed by atoms with Crippen molar-refractivity contribution in [2.75, 3.05) is 26.2 Å². The van der Waals surface area contributed by atoms with Crippen LogP contribution in [-0.4, -0.2) is 59.3 Å². The molecule has 1 amide bonds. The molecule has 0 aromatic rings. The van der Waals surface area contributed by atoms with Crippen LogP contribution in [0.15, 0.2) is 0 Å². The lowest BCUT2D eigenvalue weighted by atomic mass is 9.91. The molecule has 0 spiro atoms. The van der Waals surface area contributed by atoms with Crippen LogP contribution in [0.3, 0.4) is 0 Å². The zero-order valence-electron chi connectivity index (χ0n) is 10.1. The second kappa shape index (κ2) is 6.56. The number of rotatable bonds is 5. The summed E-state index contributed by atoms with van der Waals surface area (Å²) in [6.07, 6.45) is 0.817. The summed E-state index contributed by atoms with van der Waals surface area (Å²) in [5, 5.41) is 20.7. The lowest BCUT2D eigenvalue weighted by Crippen LogP contribution is -2.51. The van der Waals surface area contributed by atoms with Crippen molar-refractivity contribution in [1.82, 2.24) is 10.2 Å². The SMILES string of the molecule is CC(=O)N1CC(CC(=O)O)CC(NCCO)C1. The van der Waals surface area contributed by atoms with Gasteiger partial charge in [-0.2, -0.15) is 0 Å². The predicted molar refractivity (Wildman–Crippen MR) is 61.5 cm³/mol. The van der Waals surface area contributed by atoms with E-state index in [4.69, 9.17) is 10.2 Å². The number of carbonyl (C=O) groups is 2. The Balaban J connectivity index is 2.55. The Labute approximate surface area is 101 Å². The van der Waals surface area contributed by atoms with Gasteiger partial charge in [0.05, 0.1) is 6.61 Å². The van der Waals surface area contributed by atoms with Crippen LogP contribution in [0, 0.1) is 5.92 Å². The number of hydrogen-bond acceptors (Lipinski definition) is 4. The van der Waals surface area contributed by atoms with Crippen molar-refractivity contribution >= 4 is 11.9 Å². The number of nitrogens with zero attached hydrogens (tertiary/aromatic N) is 1. The molecule has 3 N–H and O–H groups in total. The van der Waals surface area contributed by atoms with Gasteiger partial charge in [0.2, 0.25) is 5.91 Å². The first kappa shape index (κ1) is 13.9. The average Bonchev–Trinajstić information content (AvgIpc) is 2.25.